The van der Waals surface area contributed by atoms with Gasteiger partial charge in [-0.1, -0.05) is 36.4 Å². The molecule has 8 nitrogen and oxygen atoms in total. The van der Waals surface area contributed by atoms with Crippen molar-refractivity contribution in [1.82, 2.24) is 0 Å². The first-order valence-electron chi connectivity index (χ1n) is 16.9. The van der Waals surface area contributed by atoms with Gasteiger partial charge in [-0.25, -0.2) is 9.80 Å². The number of carbonyl (C=O) groups excluding carboxylic acids is 4. The number of aryl methyl sites for hydroxylation is 4. The van der Waals surface area contributed by atoms with Crippen molar-refractivity contribution in [3.63, 3.8) is 0 Å². The maximum Gasteiger partial charge on any atom is 0.266 e. The van der Waals surface area contributed by atoms with Crippen LogP contribution in [0.1, 0.15) is 63.7 Å². The van der Waals surface area contributed by atoms with Gasteiger partial charge < -0.3 is 11.5 Å². The zero-order valence-electron chi connectivity index (χ0n) is 29.1. The lowest BCUT2D eigenvalue weighted by Crippen LogP contribution is -2.30. The van der Waals surface area contributed by atoms with Crippen LogP contribution in [0.25, 0.3) is 33.4 Å². The molecule has 6 aromatic carbocycles. The second-order valence-electron chi connectivity index (χ2n) is 13.6. The van der Waals surface area contributed by atoms with E-state index in [1.54, 1.807) is 36.4 Å². The zero-order chi connectivity index (χ0) is 36.6. The van der Waals surface area contributed by atoms with Crippen LogP contribution in [0.4, 0.5) is 22.7 Å². The number of benzene rings is 6. The number of nitrogens with zero attached hydrogens (tertiary/aromatic N) is 2. The normalized spacial score (nSPS) is 13.6. The third-order valence-corrected chi connectivity index (χ3v) is 10.1. The summed E-state index contributed by atoms with van der Waals surface area (Å²) in [7, 11) is 0. The van der Waals surface area contributed by atoms with E-state index in [1.165, 1.54) is 9.80 Å². The van der Waals surface area contributed by atoms with Crippen molar-refractivity contribution in [3.8, 4) is 33.4 Å². The molecule has 8 heteroatoms. The van der Waals surface area contributed by atoms with Gasteiger partial charge >= 0.3 is 0 Å². The first kappa shape index (κ1) is 32.4. The summed E-state index contributed by atoms with van der Waals surface area (Å²) in [6.45, 7) is 7.65. The quantitative estimate of drug-likeness (QED) is 0.138. The van der Waals surface area contributed by atoms with Crippen LogP contribution in [0.5, 0.6) is 0 Å². The van der Waals surface area contributed by atoms with Crippen LogP contribution >= 0.6 is 0 Å². The average Bonchev–Trinajstić information content (AvgIpc) is 3.51. The molecule has 52 heavy (non-hydrogen) atoms. The Morgan fingerprint density at radius 1 is 0.346 bits per heavy atom. The predicted molar refractivity (Wildman–Crippen MR) is 206 cm³/mol. The zero-order valence-corrected chi connectivity index (χ0v) is 29.1. The predicted octanol–water partition coefficient (Wildman–Crippen LogP) is 8.69. The van der Waals surface area contributed by atoms with Crippen LogP contribution in [0.3, 0.4) is 0 Å². The second kappa shape index (κ2) is 11.9. The molecule has 0 saturated heterocycles. The largest absolute Gasteiger partial charge is 0.399 e. The van der Waals surface area contributed by atoms with Crippen LogP contribution < -0.4 is 21.3 Å². The topological polar surface area (TPSA) is 127 Å². The SMILES string of the molecule is Cc1cc(N)ccc1-c1ccc2c(c1)C(=O)N(c1ccc(-c3ccc(N4C(=O)c5ccc(-c6ccc(N)cc6C)cc5C4=O)c(C)c3)cc1C)C2=O. The van der Waals surface area contributed by atoms with Gasteiger partial charge in [0.15, 0.2) is 0 Å². The van der Waals surface area contributed by atoms with Gasteiger partial charge in [-0.2, -0.15) is 0 Å². The molecule has 8 rings (SSSR count). The van der Waals surface area contributed by atoms with E-state index < -0.39 is 0 Å². The van der Waals surface area contributed by atoms with Crippen LogP contribution in [0.2, 0.25) is 0 Å². The fourth-order valence-corrected chi connectivity index (χ4v) is 7.45. The number of nitrogen functional groups attached to an aromatic ring is 2. The fourth-order valence-electron chi connectivity index (χ4n) is 7.45. The van der Waals surface area contributed by atoms with Gasteiger partial charge in [0.25, 0.3) is 23.6 Å². The van der Waals surface area contributed by atoms with E-state index in [-0.39, 0.29) is 23.6 Å². The monoisotopic (exact) mass is 682 g/mol. The van der Waals surface area contributed by atoms with Crippen molar-refractivity contribution < 1.29 is 19.2 Å². The maximum atomic E-state index is 13.7. The first-order chi connectivity index (χ1) is 24.9. The van der Waals surface area contributed by atoms with E-state index in [0.29, 0.717) is 45.0 Å². The molecular weight excluding hydrogens is 649 g/mol. The van der Waals surface area contributed by atoms with Crippen LogP contribution in [0.15, 0.2) is 109 Å². The molecule has 254 valence electrons. The highest BCUT2D eigenvalue weighted by atomic mass is 16.2. The van der Waals surface area contributed by atoms with Crippen molar-refractivity contribution in [2.45, 2.75) is 27.7 Å². The van der Waals surface area contributed by atoms with Crippen LogP contribution in [-0.4, -0.2) is 23.6 Å². The van der Waals surface area contributed by atoms with Crippen LogP contribution in [-0.2, 0) is 0 Å². The summed E-state index contributed by atoms with van der Waals surface area (Å²) in [5.74, 6) is -1.48. The minimum absolute atomic E-state index is 0.359. The van der Waals surface area contributed by atoms with Crippen LogP contribution in [0, 0.1) is 27.7 Å². The third-order valence-electron chi connectivity index (χ3n) is 10.1. The average molecular weight is 683 g/mol. The van der Waals surface area contributed by atoms with Crippen molar-refractivity contribution in [2.24, 2.45) is 0 Å². The number of imide groups is 2. The van der Waals surface area contributed by atoms with Gasteiger partial charge in [0.05, 0.1) is 33.6 Å². The highest BCUT2D eigenvalue weighted by molar-refractivity contribution is 6.36. The molecule has 0 saturated carbocycles. The van der Waals surface area contributed by atoms with Gasteiger partial charge in [-0.05, 0) is 156 Å². The van der Waals surface area contributed by atoms with Gasteiger partial charge in [0.2, 0.25) is 0 Å². The Hall–Kier alpha value is -6.80. The number of fused-ring (bicyclic) bond motifs is 2. The summed E-state index contributed by atoms with van der Waals surface area (Å²) >= 11 is 0. The van der Waals surface area contributed by atoms with E-state index in [4.69, 9.17) is 11.5 Å². The molecule has 0 aromatic heterocycles. The number of amides is 4. The number of nitrogens with two attached hydrogens (primary N) is 2. The fraction of sp³-hybridized carbons (Fsp3) is 0.0909. The van der Waals surface area contributed by atoms with Crippen molar-refractivity contribution in [2.75, 3.05) is 21.3 Å². The van der Waals surface area contributed by atoms with Crippen molar-refractivity contribution >= 4 is 46.4 Å². The summed E-state index contributed by atoms with van der Waals surface area (Å²) in [5, 5.41) is 0. The summed E-state index contributed by atoms with van der Waals surface area (Å²) in [4.78, 5) is 57.0. The Labute approximate surface area is 300 Å². The lowest BCUT2D eigenvalue weighted by molar-refractivity contribution is 0.0910. The Balaban J connectivity index is 1.05. The number of rotatable bonds is 5. The molecule has 4 amide bonds. The molecule has 2 aliphatic heterocycles. The molecule has 0 atom stereocenters. The molecule has 0 unspecified atom stereocenters. The molecule has 4 N–H and O–H groups in total. The molecule has 0 aliphatic carbocycles. The van der Waals surface area contributed by atoms with Crippen molar-refractivity contribution in [1.29, 1.82) is 0 Å². The standard InChI is InChI=1S/C44H34N4O4/c1-23-19-31(45)9-13-33(23)29-5-11-35-37(21-29)43(51)47(41(35)49)39-15-7-27(17-25(39)3)28-8-16-40(26(4)18-28)48-42(50)36-12-6-30(22-38(36)44(48)52)34-14-10-32(46)20-24(34)2/h5-22H,45-46H2,1-4H3. The second-order valence-corrected chi connectivity index (χ2v) is 13.6. The highest BCUT2D eigenvalue weighted by Gasteiger charge is 2.39. The third kappa shape index (κ3) is 5.07. The van der Waals surface area contributed by atoms with Gasteiger partial charge in [-0.15, -0.1) is 0 Å². The maximum absolute atomic E-state index is 13.7. The lowest BCUT2D eigenvalue weighted by Gasteiger charge is -2.19. The van der Waals surface area contributed by atoms with Gasteiger partial charge in [-0.3, -0.25) is 19.2 Å². The Kier molecular flexibility index (Phi) is 7.43. The number of hydrogen-bond acceptors (Lipinski definition) is 6. The van der Waals surface area contributed by atoms with E-state index in [1.807, 2.05) is 100 Å². The van der Waals surface area contributed by atoms with E-state index >= 15 is 0 Å². The summed E-state index contributed by atoms with van der Waals surface area (Å²) in [6, 6.07) is 33.1. The molecule has 0 bridgehead atoms. The minimum atomic E-state index is -0.373. The van der Waals surface area contributed by atoms with E-state index in [2.05, 4.69) is 0 Å². The Morgan fingerprint density at radius 2 is 0.692 bits per heavy atom. The number of hydrogen-bond donors (Lipinski definition) is 2. The molecule has 0 radical (unpaired) electrons. The van der Waals surface area contributed by atoms with Gasteiger partial charge in [0, 0.05) is 11.4 Å². The Morgan fingerprint density at radius 3 is 1.06 bits per heavy atom. The highest BCUT2D eigenvalue weighted by Crippen LogP contribution is 2.38. The molecule has 6 aromatic rings. The number of carbonyl (C=O) groups is 4. The van der Waals surface area contributed by atoms with Gasteiger partial charge in [0.1, 0.15) is 0 Å². The van der Waals surface area contributed by atoms with E-state index in [0.717, 1.165) is 55.6 Å². The molecular formula is C44H34N4O4. The first-order valence-corrected chi connectivity index (χ1v) is 16.9. The smallest absolute Gasteiger partial charge is 0.266 e. The Bertz CT molecular complexity index is 2410. The minimum Gasteiger partial charge on any atom is -0.399 e. The summed E-state index contributed by atoms with van der Waals surface area (Å²) in [6.07, 6.45) is 0. The van der Waals surface area contributed by atoms with Crippen molar-refractivity contribution in [3.05, 3.63) is 154 Å². The summed E-state index contributed by atoms with van der Waals surface area (Å²) < 4.78 is 0. The molecule has 0 fully saturated rings. The number of anilines is 4. The lowest BCUT2D eigenvalue weighted by atomic mass is 9.96. The molecule has 2 aliphatic rings. The summed E-state index contributed by atoms with van der Waals surface area (Å²) in [5.41, 5.74) is 24.4. The molecule has 0 spiro atoms. The molecule has 2 heterocycles. The van der Waals surface area contributed by atoms with E-state index in [9.17, 15) is 19.2 Å².